The molecule has 2 amide bonds. The highest BCUT2D eigenvalue weighted by molar-refractivity contribution is 7.91. The zero-order valence-corrected chi connectivity index (χ0v) is 12.9. The van der Waals surface area contributed by atoms with Crippen molar-refractivity contribution in [2.24, 2.45) is 5.14 Å². The first-order chi connectivity index (χ1) is 10.8. The average Bonchev–Trinajstić information content (AvgIpc) is 3.08. The van der Waals surface area contributed by atoms with E-state index in [0.29, 0.717) is 5.06 Å². The third-order valence-electron chi connectivity index (χ3n) is 3.02. The summed E-state index contributed by atoms with van der Waals surface area (Å²) in [6.45, 7) is 0. The molecule has 0 spiro atoms. The van der Waals surface area contributed by atoms with Gasteiger partial charge in [-0.25, -0.2) is 18.4 Å². The molecule has 23 heavy (non-hydrogen) atoms. The molecule has 2 aromatic rings. The van der Waals surface area contributed by atoms with Crippen molar-refractivity contribution >= 4 is 39.1 Å². The van der Waals surface area contributed by atoms with E-state index in [9.17, 15) is 22.8 Å². The summed E-state index contributed by atoms with van der Waals surface area (Å²) in [5.74, 6) is -2.56. The normalized spacial score (nSPS) is 14.0. The first-order valence-corrected chi connectivity index (χ1v) is 8.53. The number of amides is 2. The van der Waals surface area contributed by atoms with Crippen LogP contribution in [0, 0.1) is 0 Å². The largest absolute Gasteiger partial charge is 0.364 e. The second-order valence-electron chi connectivity index (χ2n) is 4.53. The zero-order chi connectivity index (χ0) is 16.8. The molecule has 3 rings (SSSR count). The molecule has 2 heterocycles. The highest BCUT2D eigenvalue weighted by Crippen LogP contribution is 2.25. The lowest BCUT2D eigenvalue weighted by molar-refractivity contribution is -0.0584. The van der Waals surface area contributed by atoms with Crippen LogP contribution in [0.4, 0.5) is 0 Å². The van der Waals surface area contributed by atoms with Crippen LogP contribution >= 0.6 is 11.3 Å². The van der Waals surface area contributed by atoms with Crippen molar-refractivity contribution in [2.75, 3.05) is 0 Å². The van der Waals surface area contributed by atoms with Gasteiger partial charge >= 0.3 is 5.97 Å². The number of hydrogen-bond acceptors (Lipinski definition) is 7. The van der Waals surface area contributed by atoms with Gasteiger partial charge in [-0.15, -0.1) is 11.3 Å². The van der Waals surface area contributed by atoms with Crippen molar-refractivity contribution in [1.29, 1.82) is 0 Å². The Labute approximate surface area is 134 Å². The summed E-state index contributed by atoms with van der Waals surface area (Å²) in [7, 11) is -3.94. The first-order valence-electron chi connectivity index (χ1n) is 6.10. The summed E-state index contributed by atoms with van der Waals surface area (Å²) in [6.07, 6.45) is 0. The fraction of sp³-hybridized carbons (Fsp3) is 0. The molecule has 0 atom stereocenters. The van der Waals surface area contributed by atoms with Crippen molar-refractivity contribution in [3.8, 4) is 0 Å². The van der Waals surface area contributed by atoms with Gasteiger partial charge in [-0.05, 0) is 18.2 Å². The number of benzene rings is 1. The van der Waals surface area contributed by atoms with Crippen LogP contribution in [-0.2, 0) is 14.9 Å². The lowest BCUT2D eigenvalue weighted by Gasteiger charge is -2.11. The van der Waals surface area contributed by atoms with Gasteiger partial charge in [0.15, 0.2) is 0 Å². The number of sulfonamides is 1. The van der Waals surface area contributed by atoms with Gasteiger partial charge in [-0.1, -0.05) is 17.2 Å². The van der Waals surface area contributed by atoms with E-state index in [1.54, 1.807) is 12.1 Å². The summed E-state index contributed by atoms with van der Waals surface area (Å²) in [5, 5.41) is 6.50. The first kappa shape index (κ1) is 15.3. The van der Waals surface area contributed by atoms with Crippen molar-refractivity contribution in [1.82, 2.24) is 5.06 Å². The molecule has 0 unspecified atom stereocenters. The zero-order valence-electron chi connectivity index (χ0n) is 11.3. The van der Waals surface area contributed by atoms with Crippen LogP contribution in [0.25, 0.3) is 0 Å². The summed E-state index contributed by atoms with van der Waals surface area (Å²) >= 11 is 0.729. The van der Waals surface area contributed by atoms with Crippen LogP contribution in [0.1, 0.15) is 31.1 Å². The molecule has 0 radical (unpaired) electrons. The Kier molecular flexibility index (Phi) is 3.51. The Hall–Kier alpha value is -2.56. The molecular formula is C13H8N2O6S2. The summed E-state index contributed by atoms with van der Waals surface area (Å²) < 4.78 is 22.1. The number of fused-ring (bicyclic) bond motifs is 1. The van der Waals surface area contributed by atoms with Gasteiger partial charge < -0.3 is 4.84 Å². The van der Waals surface area contributed by atoms with Gasteiger partial charge in [0.2, 0.25) is 10.0 Å². The van der Waals surface area contributed by atoms with Gasteiger partial charge in [0.25, 0.3) is 11.8 Å². The van der Waals surface area contributed by atoms with Gasteiger partial charge in [0, 0.05) is 5.38 Å². The Balaban J connectivity index is 1.83. The third kappa shape index (κ3) is 2.63. The number of imide groups is 1. The minimum Gasteiger partial charge on any atom is -0.324 e. The number of carbonyl (C=O) groups is 3. The van der Waals surface area contributed by atoms with Crippen LogP contribution in [-0.4, -0.2) is 31.3 Å². The van der Waals surface area contributed by atoms with E-state index in [1.807, 2.05) is 0 Å². The predicted octanol–water partition coefficient (Wildman–Crippen LogP) is 0.764. The third-order valence-corrected chi connectivity index (χ3v) is 5.41. The molecule has 0 bridgehead atoms. The molecule has 2 N–H and O–H groups in total. The fourth-order valence-electron chi connectivity index (χ4n) is 1.96. The highest BCUT2D eigenvalue weighted by Gasteiger charge is 2.38. The Bertz CT molecular complexity index is 912. The molecular weight excluding hydrogens is 344 g/mol. The molecule has 10 heteroatoms. The molecule has 0 fully saturated rings. The van der Waals surface area contributed by atoms with Crippen LogP contribution in [0.15, 0.2) is 39.9 Å². The maximum atomic E-state index is 12.1. The number of carbonyl (C=O) groups excluding carboxylic acids is 3. The van der Waals surface area contributed by atoms with Crippen LogP contribution in [0.5, 0.6) is 0 Å². The SMILES string of the molecule is NS(=O)(=O)c1cc(C(=O)ON2C(=O)c3ccccc3C2=O)cs1. The van der Waals surface area contributed by atoms with E-state index < -0.39 is 27.8 Å². The maximum absolute atomic E-state index is 12.1. The minimum absolute atomic E-state index is 0.126. The second-order valence-corrected chi connectivity index (χ2v) is 7.23. The van der Waals surface area contributed by atoms with Gasteiger partial charge in [0.1, 0.15) is 4.21 Å². The summed E-state index contributed by atoms with van der Waals surface area (Å²) in [6, 6.07) is 7.04. The number of primary sulfonamides is 1. The van der Waals surface area contributed by atoms with Gasteiger partial charge in [-0.3, -0.25) is 9.59 Å². The minimum atomic E-state index is -3.94. The maximum Gasteiger partial charge on any atom is 0.364 e. The number of nitrogens with two attached hydrogens (primary N) is 1. The monoisotopic (exact) mass is 352 g/mol. The van der Waals surface area contributed by atoms with Gasteiger partial charge in [-0.2, -0.15) is 0 Å². The molecule has 0 saturated carbocycles. The lowest BCUT2D eigenvalue weighted by atomic mass is 10.1. The van der Waals surface area contributed by atoms with E-state index >= 15 is 0 Å². The van der Waals surface area contributed by atoms with Crippen LogP contribution in [0.2, 0.25) is 0 Å². The van der Waals surface area contributed by atoms with E-state index in [-0.39, 0.29) is 20.9 Å². The number of rotatable bonds is 3. The Morgan fingerprint density at radius 1 is 1.13 bits per heavy atom. The smallest absolute Gasteiger partial charge is 0.324 e. The molecule has 1 aliphatic rings. The van der Waals surface area contributed by atoms with E-state index in [4.69, 9.17) is 9.98 Å². The number of hydrogen-bond donors (Lipinski definition) is 1. The van der Waals surface area contributed by atoms with E-state index in [1.165, 1.54) is 17.5 Å². The topological polar surface area (TPSA) is 124 Å². The Morgan fingerprint density at radius 3 is 2.17 bits per heavy atom. The van der Waals surface area contributed by atoms with Crippen molar-refractivity contribution < 1.29 is 27.6 Å². The molecule has 1 aliphatic heterocycles. The van der Waals surface area contributed by atoms with Crippen LogP contribution < -0.4 is 5.14 Å². The molecule has 0 saturated heterocycles. The van der Waals surface area contributed by atoms with Crippen molar-refractivity contribution in [2.45, 2.75) is 4.21 Å². The van der Waals surface area contributed by atoms with Gasteiger partial charge in [0.05, 0.1) is 16.7 Å². The predicted molar refractivity (Wildman–Crippen MR) is 78.0 cm³/mol. The standard InChI is InChI=1S/C13H8N2O6S2/c14-23(19,20)10-5-7(6-22-10)13(18)21-15-11(16)8-3-1-2-4-9(8)12(15)17/h1-6H,(H2,14,19,20). The molecule has 8 nitrogen and oxygen atoms in total. The molecule has 0 aliphatic carbocycles. The fourth-order valence-corrected chi connectivity index (χ4v) is 3.53. The van der Waals surface area contributed by atoms with Crippen LogP contribution in [0.3, 0.4) is 0 Å². The molecule has 1 aromatic heterocycles. The van der Waals surface area contributed by atoms with E-state index in [2.05, 4.69) is 0 Å². The molecule has 1 aromatic carbocycles. The highest BCUT2D eigenvalue weighted by atomic mass is 32.2. The summed E-state index contributed by atoms with van der Waals surface area (Å²) in [4.78, 5) is 40.9. The van der Waals surface area contributed by atoms with Crippen molar-refractivity contribution in [3.05, 3.63) is 52.4 Å². The summed E-state index contributed by atoms with van der Waals surface area (Å²) in [5.41, 5.74) is 0.122. The van der Waals surface area contributed by atoms with Crippen molar-refractivity contribution in [3.63, 3.8) is 0 Å². The number of nitrogens with zero attached hydrogens (tertiary/aromatic N) is 1. The second kappa shape index (κ2) is 5.26. The average molecular weight is 352 g/mol. The Morgan fingerprint density at radius 2 is 1.70 bits per heavy atom. The quantitative estimate of drug-likeness (QED) is 0.814. The lowest BCUT2D eigenvalue weighted by Crippen LogP contribution is -2.32. The van der Waals surface area contributed by atoms with E-state index in [0.717, 1.165) is 17.4 Å². The molecule has 118 valence electrons. The number of thiophene rings is 1. The number of hydroxylamine groups is 2.